The lowest BCUT2D eigenvalue weighted by molar-refractivity contribution is -0.203. The third-order valence-electron chi connectivity index (χ3n) is 4.01. The van der Waals surface area contributed by atoms with E-state index in [1.807, 2.05) is 6.92 Å². The van der Waals surface area contributed by atoms with Crippen LogP contribution in [0.25, 0.3) is 0 Å². The Labute approximate surface area is 109 Å². The van der Waals surface area contributed by atoms with Crippen molar-refractivity contribution in [1.29, 1.82) is 0 Å². The van der Waals surface area contributed by atoms with Gasteiger partial charge in [0.05, 0.1) is 6.10 Å². The van der Waals surface area contributed by atoms with Gasteiger partial charge < -0.3 is 19.3 Å². The van der Waals surface area contributed by atoms with E-state index in [2.05, 4.69) is 6.58 Å². The first-order valence-electron chi connectivity index (χ1n) is 6.81. The van der Waals surface area contributed by atoms with Crippen molar-refractivity contribution in [2.75, 3.05) is 7.11 Å². The van der Waals surface area contributed by atoms with Crippen LogP contribution in [0, 0.1) is 0 Å². The minimum Gasteiger partial charge on any atom is -0.387 e. The lowest BCUT2D eigenvalue weighted by Gasteiger charge is -2.32. The van der Waals surface area contributed by atoms with Crippen LogP contribution in [0.2, 0.25) is 0 Å². The molecule has 18 heavy (non-hydrogen) atoms. The van der Waals surface area contributed by atoms with Gasteiger partial charge in [-0.3, -0.25) is 0 Å². The molecule has 2 aliphatic rings. The van der Waals surface area contributed by atoms with E-state index in [0.717, 1.165) is 25.7 Å². The van der Waals surface area contributed by atoms with Gasteiger partial charge in [-0.15, -0.1) is 6.58 Å². The fraction of sp³-hybridized carbons (Fsp3) is 0.857. The zero-order chi connectivity index (χ0) is 13.2. The number of aliphatic hydroxyl groups excluding tert-OH is 1. The highest BCUT2D eigenvalue weighted by Crippen LogP contribution is 2.41. The van der Waals surface area contributed by atoms with Crippen LogP contribution in [0.4, 0.5) is 0 Å². The summed E-state index contributed by atoms with van der Waals surface area (Å²) in [7, 11) is 1.56. The molecule has 1 heterocycles. The topological polar surface area (TPSA) is 47.9 Å². The summed E-state index contributed by atoms with van der Waals surface area (Å²) in [6.07, 6.45) is 5.34. The van der Waals surface area contributed by atoms with Crippen molar-refractivity contribution in [3.8, 4) is 0 Å². The molecule has 1 saturated heterocycles. The highest BCUT2D eigenvalue weighted by Gasteiger charge is 2.49. The first kappa shape index (κ1) is 14.0. The standard InChI is InChI=1S/C14H24O4/c1-4-11(16-3)12(15)13-10(2)17-14(18-13)8-6-5-7-9-14/h4,10-13,15H,1,5-9H2,2-3H3/t10-,11+,12-,13?/m1/s1. The maximum absolute atomic E-state index is 10.3. The Morgan fingerprint density at radius 1 is 1.33 bits per heavy atom. The lowest BCUT2D eigenvalue weighted by atomic mass is 9.94. The van der Waals surface area contributed by atoms with Crippen molar-refractivity contribution < 1.29 is 19.3 Å². The zero-order valence-corrected chi connectivity index (χ0v) is 11.3. The average molecular weight is 256 g/mol. The van der Waals surface area contributed by atoms with Crippen LogP contribution in [0.15, 0.2) is 12.7 Å². The molecule has 1 aliphatic carbocycles. The van der Waals surface area contributed by atoms with Crippen LogP contribution in [-0.4, -0.2) is 42.4 Å². The number of methoxy groups -OCH3 is 1. The Hall–Kier alpha value is -0.420. The molecule has 1 aliphatic heterocycles. The molecule has 0 aromatic carbocycles. The van der Waals surface area contributed by atoms with Crippen LogP contribution in [0.1, 0.15) is 39.0 Å². The van der Waals surface area contributed by atoms with Crippen molar-refractivity contribution in [1.82, 2.24) is 0 Å². The molecular weight excluding hydrogens is 232 g/mol. The van der Waals surface area contributed by atoms with Gasteiger partial charge in [-0.2, -0.15) is 0 Å². The molecule has 0 aromatic heterocycles. The van der Waals surface area contributed by atoms with Crippen LogP contribution in [0.3, 0.4) is 0 Å². The number of rotatable bonds is 4. The summed E-state index contributed by atoms with van der Waals surface area (Å²) in [4.78, 5) is 0. The molecule has 104 valence electrons. The van der Waals surface area contributed by atoms with Gasteiger partial charge in [0.1, 0.15) is 18.3 Å². The Morgan fingerprint density at radius 2 is 2.00 bits per heavy atom. The third-order valence-corrected chi connectivity index (χ3v) is 4.01. The second-order valence-corrected chi connectivity index (χ2v) is 5.30. The van der Waals surface area contributed by atoms with Gasteiger partial charge in [-0.1, -0.05) is 12.5 Å². The smallest absolute Gasteiger partial charge is 0.169 e. The van der Waals surface area contributed by atoms with E-state index < -0.39 is 18.0 Å². The number of hydrogen-bond donors (Lipinski definition) is 1. The molecule has 4 nitrogen and oxygen atoms in total. The molecule has 0 bridgehead atoms. The molecule has 0 amide bonds. The summed E-state index contributed by atoms with van der Waals surface area (Å²) in [6.45, 7) is 5.62. The highest BCUT2D eigenvalue weighted by atomic mass is 16.8. The van der Waals surface area contributed by atoms with E-state index in [4.69, 9.17) is 14.2 Å². The maximum atomic E-state index is 10.3. The first-order valence-corrected chi connectivity index (χ1v) is 6.81. The van der Waals surface area contributed by atoms with Gasteiger partial charge in [0.2, 0.25) is 0 Å². The molecule has 2 rings (SSSR count). The normalized spacial score (nSPS) is 34.4. The number of ether oxygens (including phenoxy) is 3. The third kappa shape index (κ3) is 2.62. The van der Waals surface area contributed by atoms with Crippen LogP contribution >= 0.6 is 0 Å². The average Bonchev–Trinajstić information content (AvgIpc) is 2.68. The summed E-state index contributed by atoms with van der Waals surface area (Å²) >= 11 is 0. The van der Waals surface area contributed by atoms with Crippen molar-refractivity contribution in [3.63, 3.8) is 0 Å². The minimum absolute atomic E-state index is 0.115. The predicted molar refractivity (Wildman–Crippen MR) is 68.2 cm³/mol. The Balaban J connectivity index is 2.04. The quantitative estimate of drug-likeness (QED) is 0.782. The van der Waals surface area contributed by atoms with E-state index in [9.17, 15) is 5.11 Å². The van der Waals surface area contributed by atoms with Crippen LogP contribution in [0.5, 0.6) is 0 Å². The zero-order valence-electron chi connectivity index (χ0n) is 11.3. The minimum atomic E-state index is -0.733. The fourth-order valence-electron chi connectivity index (χ4n) is 3.01. The Kier molecular flexibility index (Phi) is 4.43. The second kappa shape index (κ2) is 5.70. The molecule has 1 spiro atoms. The van der Waals surface area contributed by atoms with Gasteiger partial charge in [0, 0.05) is 20.0 Å². The molecule has 0 radical (unpaired) electrons. The van der Waals surface area contributed by atoms with E-state index in [1.165, 1.54) is 6.42 Å². The number of aliphatic hydroxyl groups is 1. The molecule has 4 atom stereocenters. The summed E-state index contributed by atoms with van der Waals surface area (Å²) in [5.74, 6) is -0.469. The van der Waals surface area contributed by atoms with Crippen molar-refractivity contribution >= 4 is 0 Å². The van der Waals surface area contributed by atoms with Crippen molar-refractivity contribution in [2.45, 2.75) is 69.2 Å². The molecule has 1 N–H and O–H groups in total. The Morgan fingerprint density at radius 3 is 2.56 bits per heavy atom. The fourth-order valence-corrected chi connectivity index (χ4v) is 3.01. The molecule has 2 fully saturated rings. The SMILES string of the molecule is C=C[C@H](OC)[C@@H](O)C1OC2(CCCCC2)O[C@@H]1C. The van der Waals surface area contributed by atoms with E-state index in [1.54, 1.807) is 13.2 Å². The van der Waals surface area contributed by atoms with Gasteiger partial charge in [-0.05, 0) is 19.8 Å². The van der Waals surface area contributed by atoms with Crippen LogP contribution < -0.4 is 0 Å². The summed E-state index contributed by atoms with van der Waals surface area (Å²) in [6, 6.07) is 0. The van der Waals surface area contributed by atoms with Gasteiger partial charge >= 0.3 is 0 Å². The van der Waals surface area contributed by atoms with Crippen molar-refractivity contribution in [3.05, 3.63) is 12.7 Å². The predicted octanol–water partition coefficient (Wildman–Crippen LogP) is 2.01. The lowest BCUT2D eigenvalue weighted by Crippen LogP contribution is -2.43. The van der Waals surface area contributed by atoms with E-state index in [0.29, 0.717) is 0 Å². The van der Waals surface area contributed by atoms with Gasteiger partial charge in [0.15, 0.2) is 5.79 Å². The maximum Gasteiger partial charge on any atom is 0.169 e. The summed E-state index contributed by atoms with van der Waals surface area (Å²) in [5.41, 5.74) is 0. The first-order chi connectivity index (χ1) is 8.62. The molecule has 1 unspecified atom stereocenters. The molecular formula is C14H24O4. The monoisotopic (exact) mass is 256 g/mol. The largest absolute Gasteiger partial charge is 0.387 e. The summed E-state index contributed by atoms with van der Waals surface area (Å²) in [5, 5.41) is 10.3. The molecule has 1 saturated carbocycles. The second-order valence-electron chi connectivity index (χ2n) is 5.30. The van der Waals surface area contributed by atoms with Gasteiger partial charge in [0.25, 0.3) is 0 Å². The van der Waals surface area contributed by atoms with Crippen LogP contribution in [-0.2, 0) is 14.2 Å². The highest BCUT2D eigenvalue weighted by molar-refractivity contribution is 4.96. The van der Waals surface area contributed by atoms with Crippen molar-refractivity contribution in [2.24, 2.45) is 0 Å². The molecule has 0 aromatic rings. The van der Waals surface area contributed by atoms with Gasteiger partial charge in [-0.25, -0.2) is 0 Å². The molecule has 4 heteroatoms. The number of hydrogen-bond acceptors (Lipinski definition) is 4. The van der Waals surface area contributed by atoms with E-state index >= 15 is 0 Å². The Bertz CT molecular complexity index is 286. The summed E-state index contributed by atoms with van der Waals surface area (Å²) < 4.78 is 17.2. The van der Waals surface area contributed by atoms with E-state index in [-0.39, 0.29) is 12.2 Å².